The highest BCUT2D eigenvalue weighted by atomic mass is 32.2. The van der Waals surface area contributed by atoms with Crippen molar-refractivity contribution in [2.75, 3.05) is 17.1 Å². The lowest BCUT2D eigenvalue weighted by Gasteiger charge is -2.17. The van der Waals surface area contributed by atoms with Gasteiger partial charge in [-0.05, 0) is 51.8 Å². The van der Waals surface area contributed by atoms with Crippen molar-refractivity contribution in [3.63, 3.8) is 0 Å². The molecule has 0 radical (unpaired) electrons. The van der Waals surface area contributed by atoms with E-state index in [-0.39, 0.29) is 27.7 Å². The number of methoxy groups -OCH3 is 1. The minimum absolute atomic E-state index is 0.0915. The maximum Gasteiger partial charge on any atom is 0.277 e. The zero-order valence-electron chi connectivity index (χ0n) is 18.8. The molecule has 0 atom stereocenters. The molecule has 0 bridgehead atoms. The van der Waals surface area contributed by atoms with Crippen LogP contribution in [0, 0.1) is 13.8 Å². The van der Waals surface area contributed by atoms with Gasteiger partial charge in [-0.3, -0.25) is 9.52 Å². The van der Waals surface area contributed by atoms with Crippen LogP contribution in [-0.4, -0.2) is 41.4 Å². The van der Waals surface area contributed by atoms with Gasteiger partial charge in [-0.1, -0.05) is 23.4 Å². The number of anilines is 2. The van der Waals surface area contributed by atoms with Crippen LogP contribution in [0.5, 0.6) is 5.88 Å². The summed E-state index contributed by atoms with van der Waals surface area (Å²) in [6.07, 6.45) is 2.83. The minimum Gasteiger partial charge on any atom is -0.480 e. The van der Waals surface area contributed by atoms with Gasteiger partial charge < -0.3 is 10.1 Å². The highest BCUT2D eigenvalue weighted by Crippen LogP contribution is 2.29. The van der Waals surface area contributed by atoms with E-state index < -0.39 is 15.9 Å². The van der Waals surface area contributed by atoms with Gasteiger partial charge in [-0.15, -0.1) is 5.10 Å². The topological polar surface area (TPSA) is 128 Å². The summed E-state index contributed by atoms with van der Waals surface area (Å²) < 4.78 is 35.6. The largest absolute Gasteiger partial charge is 0.480 e. The average Bonchev–Trinajstić information content (AvgIpc) is 3.22. The molecule has 0 saturated carbocycles. The molecule has 2 heterocycles. The average molecular weight is 459 g/mol. The number of sulfonamides is 1. The van der Waals surface area contributed by atoms with E-state index >= 15 is 0 Å². The molecule has 0 aliphatic carbocycles. The second kappa shape index (κ2) is 8.58. The van der Waals surface area contributed by atoms with Gasteiger partial charge in [-0.25, -0.2) is 18.1 Å². The van der Waals surface area contributed by atoms with Crippen molar-refractivity contribution < 1.29 is 17.9 Å². The van der Waals surface area contributed by atoms with E-state index in [1.807, 2.05) is 52.8 Å². The normalized spacial score (nSPS) is 11.8. The summed E-state index contributed by atoms with van der Waals surface area (Å²) in [5.74, 6) is -0.640. The van der Waals surface area contributed by atoms with E-state index in [0.717, 1.165) is 11.1 Å². The summed E-state index contributed by atoms with van der Waals surface area (Å²) in [6, 6.07) is 6.74. The van der Waals surface area contributed by atoms with E-state index in [9.17, 15) is 13.2 Å². The number of nitrogens with zero attached hydrogens (tertiary/aromatic N) is 4. The molecule has 170 valence electrons. The Morgan fingerprint density at radius 3 is 2.38 bits per heavy atom. The number of nitrogens with one attached hydrogen (secondary N) is 2. The molecule has 3 rings (SSSR count). The lowest BCUT2D eigenvalue weighted by molar-refractivity contribution is 0.102. The molecule has 10 nitrogen and oxygen atoms in total. The molecular formula is C21H26N6O4S. The van der Waals surface area contributed by atoms with Crippen molar-refractivity contribution in [1.29, 1.82) is 0 Å². The number of rotatable bonds is 6. The molecule has 32 heavy (non-hydrogen) atoms. The highest BCUT2D eigenvalue weighted by molar-refractivity contribution is 7.92. The fourth-order valence-corrected chi connectivity index (χ4v) is 4.25. The predicted octanol–water partition coefficient (Wildman–Crippen LogP) is 3.11. The van der Waals surface area contributed by atoms with E-state index in [1.54, 1.807) is 4.68 Å². The van der Waals surface area contributed by atoms with Gasteiger partial charge in [0.1, 0.15) is 0 Å². The zero-order chi connectivity index (χ0) is 23.7. The number of aryl methyl sites for hydroxylation is 2. The first-order valence-electron chi connectivity index (χ1n) is 9.79. The molecular weight excluding hydrogens is 432 g/mol. The van der Waals surface area contributed by atoms with Crippen molar-refractivity contribution in [3.8, 4) is 5.88 Å². The number of ether oxygens (including phenoxy) is 1. The quantitative estimate of drug-likeness (QED) is 0.581. The van der Waals surface area contributed by atoms with Crippen LogP contribution in [0.1, 0.15) is 42.4 Å². The number of hydrogen-bond donors (Lipinski definition) is 2. The molecule has 0 fully saturated rings. The molecule has 0 aliphatic heterocycles. The van der Waals surface area contributed by atoms with Crippen LogP contribution in [-0.2, 0) is 15.6 Å². The highest BCUT2D eigenvalue weighted by Gasteiger charge is 2.24. The summed E-state index contributed by atoms with van der Waals surface area (Å²) in [7, 11) is -2.74. The van der Waals surface area contributed by atoms with Gasteiger partial charge in [0, 0.05) is 0 Å². The Morgan fingerprint density at radius 2 is 1.81 bits per heavy atom. The van der Waals surface area contributed by atoms with Crippen molar-refractivity contribution in [1.82, 2.24) is 20.0 Å². The summed E-state index contributed by atoms with van der Waals surface area (Å²) >= 11 is 0. The third-order valence-corrected chi connectivity index (χ3v) is 6.03. The molecule has 1 amide bonds. The maximum atomic E-state index is 13.1. The van der Waals surface area contributed by atoms with E-state index in [1.165, 1.54) is 25.6 Å². The molecule has 2 N–H and O–H groups in total. The Hall–Kier alpha value is -3.47. The first-order valence-corrected chi connectivity index (χ1v) is 11.3. The third-order valence-electron chi connectivity index (χ3n) is 4.69. The van der Waals surface area contributed by atoms with Crippen LogP contribution in [0.25, 0.3) is 0 Å². The number of hydrogen-bond acceptors (Lipinski definition) is 7. The first-order chi connectivity index (χ1) is 14.9. The molecule has 1 aromatic carbocycles. The van der Waals surface area contributed by atoms with Crippen LogP contribution in [0.15, 0.2) is 41.6 Å². The van der Waals surface area contributed by atoms with E-state index in [2.05, 4.69) is 25.3 Å². The lowest BCUT2D eigenvalue weighted by atomic mass is 10.1. The van der Waals surface area contributed by atoms with Crippen LogP contribution in [0.4, 0.5) is 11.4 Å². The maximum absolute atomic E-state index is 13.1. The third kappa shape index (κ3) is 4.88. The van der Waals surface area contributed by atoms with Crippen LogP contribution < -0.4 is 14.8 Å². The Labute approximate surface area is 187 Å². The van der Waals surface area contributed by atoms with Gasteiger partial charge in [0.2, 0.25) is 5.88 Å². The van der Waals surface area contributed by atoms with Crippen LogP contribution in [0.2, 0.25) is 0 Å². The number of amides is 1. The number of carbonyl (C=O) groups excluding carboxylic acids is 1. The van der Waals surface area contributed by atoms with Gasteiger partial charge in [-0.2, -0.15) is 0 Å². The number of pyridine rings is 1. The van der Waals surface area contributed by atoms with Crippen molar-refractivity contribution >= 4 is 27.3 Å². The summed E-state index contributed by atoms with van der Waals surface area (Å²) in [5, 5.41) is 10.5. The van der Waals surface area contributed by atoms with E-state index in [4.69, 9.17) is 4.74 Å². The first kappa shape index (κ1) is 23.2. The minimum atomic E-state index is -4.06. The van der Waals surface area contributed by atoms with Gasteiger partial charge in [0.15, 0.2) is 10.6 Å². The fourth-order valence-electron chi connectivity index (χ4n) is 2.90. The molecule has 3 aromatic rings. The van der Waals surface area contributed by atoms with Crippen molar-refractivity contribution in [2.45, 2.75) is 45.1 Å². The molecule has 0 spiro atoms. The van der Waals surface area contributed by atoms with Crippen molar-refractivity contribution in [2.24, 2.45) is 0 Å². The molecule has 0 saturated heterocycles. The van der Waals surface area contributed by atoms with Gasteiger partial charge in [0.05, 0.1) is 36.4 Å². The second-order valence-electron chi connectivity index (χ2n) is 8.28. The predicted molar refractivity (Wildman–Crippen MR) is 120 cm³/mol. The summed E-state index contributed by atoms with van der Waals surface area (Å²) in [6.45, 7) is 9.40. The number of carbonyl (C=O) groups is 1. The smallest absolute Gasteiger partial charge is 0.277 e. The Morgan fingerprint density at radius 1 is 1.16 bits per heavy atom. The van der Waals surface area contributed by atoms with Crippen LogP contribution in [0.3, 0.4) is 0 Å². The SMILES string of the molecule is COc1ncc(NC(=O)c2cn(C(C)(C)C)nn2)cc1S(=O)(=O)Nc1c(C)cccc1C. The summed E-state index contributed by atoms with van der Waals surface area (Å²) in [5.41, 5.74) is 1.94. The lowest BCUT2D eigenvalue weighted by Crippen LogP contribution is -2.22. The molecule has 2 aromatic heterocycles. The molecule has 11 heteroatoms. The van der Waals surface area contributed by atoms with Gasteiger partial charge in [0.25, 0.3) is 15.9 Å². The standard InChI is InChI=1S/C21H26N6O4S/c1-13-8-7-9-14(2)18(13)25-32(29,30)17-10-15(11-22-20(17)31-6)23-19(28)16-12-27(26-24-16)21(3,4)5/h7-12,25H,1-6H3,(H,23,28). The zero-order valence-corrected chi connectivity index (χ0v) is 19.6. The van der Waals surface area contributed by atoms with Gasteiger partial charge >= 0.3 is 0 Å². The number of aromatic nitrogens is 4. The van der Waals surface area contributed by atoms with Crippen molar-refractivity contribution in [3.05, 3.63) is 53.5 Å². The van der Waals surface area contributed by atoms with E-state index in [0.29, 0.717) is 5.69 Å². The fraction of sp³-hybridized carbons (Fsp3) is 0.333. The monoisotopic (exact) mass is 458 g/mol. The second-order valence-corrected chi connectivity index (χ2v) is 9.93. The molecule has 0 unspecified atom stereocenters. The van der Waals surface area contributed by atoms with Crippen LogP contribution >= 0.6 is 0 Å². The Balaban J connectivity index is 1.91. The Kier molecular flexibility index (Phi) is 6.22. The number of benzene rings is 1. The Bertz CT molecular complexity index is 1240. The number of para-hydroxylation sites is 1. The molecule has 0 aliphatic rings. The summed E-state index contributed by atoms with van der Waals surface area (Å²) in [4.78, 5) is 16.4.